The van der Waals surface area contributed by atoms with Crippen molar-refractivity contribution in [3.8, 4) is 17.2 Å². The van der Waals surface area contributed by atoms with E-state index in [-0.39, 0.29) is 16.4 Å². The van der Waals surface area contributed by atoms with E-state index in [0.29, 0.717) is 22.7 Å². The van der Waals surface area contributed by atoms with Gasteiger partial charge in [0.1, 0.15) is 17.1 Å². The molecule has 160 valence electrons. The van der Waals surface area contributed by atoms with Gasteiger partial charge in [0.2, 0.25) is 0 Å². The van der Waals surface area contributed by atoms with E-state index in [9.17, 15) is 14.0 Å². The number of ether oxygens (including phenoxy) is 2. The first-order valence-corrected chi connectivity index (χ1v) is 9.95. The molecule has 1 aliphatic heterocycles. The highest BCUT2D eigenvalue weighted by atomic mass is 32.1. The van der Waals surface area contributed by atoms with Crippen LogP contribution in [0.3, 0.4) is 0 Å². The van der Waals surface area contributed by atoms with E-state index >= 15 is 0 Å². The SMILES string of the molecule is COc1ccc(/C=C2\C(=O)NC(=S)N(c3ccc(Oc4ccccc4)cc3)C2=O)cc1F. The summed E-state index contributed by atoms with van der Waals surface area (Å²) in [6, 6.07) is 20.1. The van der Waals surface area contributed by atoms with Gasteiger partial charge in [-0.05, 0) is 72.4 Å². The zero-order valence-corrected chi connectivity index (χ0v) is 17.7. The van der Waals surface area contributed by atoms with Gasteiger partial charge in [-0.1, -0.05) is 24.3 Å². The van der Waals surface area contributed by atoms with Crippen molar-refractivity contribution in [3.63, 3.8) is 0 Å². The van der Waals surface area contributed by atoms with Crippen molar-refractivity contribution in [1.29, 1.82) is 0 Å². The second-order valence-electron chi connectivity index (χ2n) is 6.76. The molecule has 0 unspecified atom stereocenters. The highest BCUT2D eigenvalue weighted by Crippen LogP contribution is 2.27. The molecule has 0 spiro atoms. The van der Waals surface area contributed by atoms with Gasteiger partial charge in [-0.2, -0.15) is 0 Å². The smallest absolute Gasteiger partial charge is 0.270 e. The predicted octanol–water partition coefficient (Wildman–Crippen LogP) is 4.46. The fourth-order valence-electron chi connectivity index (χ4n) is 3.12. The van der Waals surface area contributed by atoms with Gasteiger partial charge in [-0.3, -0.25) is 19.8 Å². The highest BCUT2D eigenvalue weighted by molar-refractivity contribution is 7.80. The van der Waals surface area contributed by atoms with Crippen LogP contribution in [-0.2, 0) is 9.59 Å². The van der Waals surface area contributed by atoms with Crippen LogP contribution in [0.5, 0.6) is 17.2 Å². The number of halogens is 1. The Bertz CT molecular complexity index is 1230. The summed E-state index contributed by atoms with van der Waals surface area (Å²) in [5.74, 6) is -0.569. The number of para-hydroxylation sites is 1. The second kappa shape index (κ2) is 8.99. The van der Waals surface area contributed by atoms with Crippen molar-refractivity contribution >= 4 is 40.9 Å². The molecule has 3 aromatic carbocycles. The third kappa shape index (κ3) is 4.35. The number of rotatable bonds is 5. The molecule has 4 rings (SSSR count). The Morgan fingerprint density at radius 1 is 0.969 bits per heavy atom. The maximum atomic E-state index is 14.0. The zero-order valence-electron chi connectivity index (χ0n) is 16.9. The second-order valence-corrected chi connectivity index (χ2v) is 7.15. The van der Waals surface area contributed by atoms with Crippen LogP contribution in [0.1, 0.15) is 5.56 Å². The van der Waals surface area contributed by atoms with E-state index in [4.69, 9.17) is 21.7 Å². The summed E-state index contributed by atoms with van der Waals surface area (Å²) < 4.78 is 24.7. The standard InChI is InChI=1S/C24H17FN2O4S/c1-30-21-12-7-15(14-20(21)25)13-19-22(28)26-24(32)27(23(19)29)16-8-10-18(11-9-16)31-17-5-3-2-4-6-17/h2-14H,1H3,(H,26,28,32)/b19-13+. The number of nitrogens with zero attached hydrogens (tertiary/aromatic N) is 1. The van der Waals surface area contributed by atoms with Crippen LogP contribution in [-0.4, -0.2) is 24.0 Å². The van der Waals surface area contributed by atoms with Gasteiger partial charge in [-0.15, -0.1) is 0 Å². The van der Waals surface area contributed by atoms with Crippen molar-refractivity contribution in [1.82, 2.24) is 5.32 Å². The average molecular weight is 448 g/mol. The van der Waals surface area contributed by atoms with Gasteiger partial charge in [0.05, 0.1) is 12.8 Å². The fraction of sp³-hybridized carbons (Fsp3) is 0.0417. The average Bonchev–Trinajstić information content (AvgIpc) is 2.78. The molecule has 2 amide bonds. The molecule has 0 aliphatic carbocycles. The maximum Gasteiger partial charge on any atom is 0.270 e. The first-order valence-electron chi connectivity index (χ1n) is 9.54. The Hall–Kier alpha value is -4.04. The molecule has 0 saturated carbocycles. The Morgan fingerprint density at radius 2 is 1.66 bits per heavy atom. The molecule has 6 nitrogen and oxygen atoms in total. The Morgan fingerprint density at radius 3 is 2.31 bits per heavy atom. The quantitative estimate of drug-likeness (QED) is 0.355. The maximum absolute atomic E-state index is 14.0. The molecule has 0 bridgehead atoms. The highest BCUT2D eigenvalue weighted by Gasteiger charge is 2.34. The van der Waals surface area contributed by atoms with Gasteiger partial charge in [0.15, 0.2) is 16.7 Å². The number of methoxy groups -OCH3 is 1. The number of carbonyl (C=O) groups is 2. The summed E-state index contributed by atoms with van der Waals surface area (Å²) in [5.41, 5.74) is 0.612. The molecule has 1 N–H and O–H groups in total. The van der Waals surface area contributed by atoms with Crippen LogP contribution < -0.4 is 19.7 Å². The number of nitrogens with one attached hydrogen (secondary N) is 1. The van der Waals surface area contributed by atoms with E-state index in [1.54, 1.807) is 30.3 Å². The normalized spacial score (nSPS) is 15.0. The molecular formula is C24H17FN2O4S. The van der Waals surface area contributed by atoms with E-state index < -0.39 is 17.6 Å². The number of amides is 2. The monoisotopic (exact) mass is 448 g/mol. The summed E-state index contributed by atoms with van der Waals surface area (Å²) in [7, 11) is 1.35. The topological polar surface area (TPSA) is 67.9 Å². The van der Waals surface area contributed by atoms with Crippen molar-refractivity contribution in [3.05, 3.63) is 89.8 Å². The molecule has 1 aliphatic rings. The predicted molar refractivity (Wildman–Crippen MR) is 122 cm³/mol. The molecule has 3 aromatic rings. The van der Waals surface area contributed by atoms with Crippen LogP contribution >= 0.6 is 12.2 Å². The number of hydrogen-bond acceptors (Lipinski definition) is 5. The zero-order chi connectivity index (χ0) is 22.7. The molecule has 32 heavy (non-hydrogen) atoms. The molecule has 0 radical (unpaired) electrons. The minimum absolute atomic E-state index is 0.0465. The van der Waals surface area contributed by atoms with Gasteiger partial charge in [0, 0.05) is 0 Å². The molecule has 1 saturated heterocycles. The number of hydrogen-bond donors (Lipinski definition) is 1. The number of thiocarbonyl (C=S) groups is 1. The molecule has 0 aromatic heterocycles. The molecular weight excluding hydrogens is 431 g/mol. The molecule has 0 atom stereocenters. The first-order chi connectivity index (χ1) is 15.5. The van der Waals surface area contributed by atoms with E-state index in [0.717, 1.165) is 0 Å². The van der Waals surface area contributed by atoms with Gasteiger partial charge < -0.3 is 9.47 Å². The van der Waals surface area contributed by atoms with Gasteiger partial charge in [0.25, 0.3) is 11.8 Å². The summed E-state index contributed by atoms with van der Waals surface area (Å²) in [4.78, 5) is 26.7. The largest absolute Gasteiger partial charge is 0.494 e. The molecule has 1 heterocycles. The van der Waals surface area contributed by atoms with E-state index in [1.165, 1.54) is 30.2 Å². The van der Waals surface area contributed by atoms with Crippen molar-refractivity contribution in [2.45, 2.75) is 0 Å². The van der Waals surface area contributed by atoms with Gasteiger partial charge in [-0.25, -0.2) is 4.39 Å². The van der Waals surface area contributed by atoms with Crippen LogP contribution in [0.15, 0.2) is 78.4 Å². The summed E-state index contributed by atoms with van der Waals surface area (Å²) >= 11 is 5.21. The lowest BCUT2D eigenvalue weighted by Gasteiger charge is -2.29. The Labute approximate surface area is 188 Å². The van der Waals surface area contributed by atoms with Crippen molar-refractivity contribution in [2.24, 2.45) is 0 Å². The van der Waals surface area contributed by atoms with Crippen LogP contribution in [0, 0.1) is 5.82 Å². The Kier molecular flexibility index (Phi) is 5.96. The summed E-state index contributed by atoms with van der Waals surface area (Å²) in [6.45, 7) is 0. The van der Waals surface area contributed by atoms with Crippen molar-refractivity contribution < 1.29 is 23.5 Å². The lowest BCUT2D eigenvalue weighted by molar-refractivity contribution is -0.122. The Balaban J connectivity index is 1.60. The van der Waals surface area contributed by atoms with Crippen LogP contribution in [0.25, 0.3) is 6.08 Å². The first kappa shape index (κ1) is 21.2. The van der Waals surface area contributed by atoms with Gasteiger partial charge >= 0.3 is 0 Å². The lowest BCUT2D eigenvalue weighted by atomic mass is 10.1. The van der Waals surface area contributed by atoms with E-state index in [2.05, 4.69) is 5.32 Å². The third-order valence-corrected chi connectivity index (χ3v) is 4.95. The summed E-state index contributed by atoms with van der Waals surface area (Å²) in [5, 5.41) is 2.45. The minimum atomic E-state index is -0.656. The van der Waals surface area contributed by atoms with Crippen molar-refractivity contribution in [2.75, 3.05) is 12.0 Å². The molecule has 1 fully saturated rings. The summed E-state index contributed by atoms with van der Waals surface area (Å²) in [6.07, 6.45) is 1.31. The third-order valence-electron chi connectivity index (χ3n) is 4.66. The number of anilines is 1. The lowest BCUT2D eigenvalue weighted by Crippen LogP contribution is -2.54. The van der Waals surface area contributed by atoms with Crippen LogP contribution in [0.4, 0.5) is 10.1 Å². The molecule has 8 heteroatoms. The fourth-order valence-corrected chi connectivity index (χ4v) is 3.40. The number of carbonyl (C=O) groups excluding carboxylic acids is 2. The minimum Gasteiger partial charge on any atom is -0.494 e. The number of benzene rings is 3. The van der Waals surface area contributed by atoms with Crippen LogP contribution in [0.2, 0.25) is 0 Å². The van der Waals surface area contributed by atoms with E-state index in [1.807, 2.05) is 30.3 Å².